The fourth-order valence-corrected chi connectivity index (χ4v) is 5.64. The molecular weight excluding hydrogens is 418 g/mol. The average molecular weight is 446 g/mol. The molecular formula is C21H27N5O4S. The Morgan fingerprint density at radius 1 is 1.19 bits per heavy atom. The summed E-state index contributed by atoms with van der Waals surface area (Å²) in [6.45, 7) is 4.58. The lowest BCUT2D eigenvalue weighted by Gasteiger charge is -2.32. The van der Waals surface area contributed by atoms with Crippen molar-refractivity contribution < 1.29 is 17.9 Å². The van der Waals surface area contributed by atoms with Crippen molar-refractivity contribution >= 4 is 27.4 Å². The van der Waals surface area contributed by atoms with Gasteiger partial charge in [0.1, 0.15) is 5.82 Å². The highest BCUT2D eigenvalue weighted by atomic mass is 32.2. The second kappa shape index (κ2) is 9.29. The number of benzene rings is 1. The quantitative estimate of drug-likeness (QED) is 0.746. The Morgan fingerprint density at radius 3 is 2.74 bits per heavy atom. The van der Waals surface area contributed by atoms with Gasteiger partial charge in [-0.05, 0) is 37.5 Å². The monoisotopic (exact) mass is 445 g/mol. The van der Waals surface area contributed by atoms with Gasteiger partial charge in [-0.15, -0.1) is 0 Å². The molecule has 1 N–H and O–H groups in total. The number of hydrogen-bond donors (Lipinski definition) is 1. The van der Waals surface area contributed by atoms with Crippen LogP contribution in [0.1, 0.15) is 18.4 Å². The molecule has 0 saturated carbocycles. The number of hydrogen-bond acceptors (Lipinski definition) is 7. The fraction of sp³-hybridized carbons (Fsp3) is 0.476. The van der Waals surface area contributed by atoms with E-state index in [2.05, 4.69) is 20.2 Å². The molecule has 31 heavy (non-hydrogen) atoms. The Labute approximate surface area is 182 Å². The zero-order valence-corrected chi connectivity index (χ0v) is 18.3. The highest BCUT2D eigenvalue weighted by molar-refractivity contribution is 7.89. The summed E-state index contributed by atoms with van der Waals surface area (Å²) in [7, 11) is -3.64. The lowest BCUT2D eigenvalue weighted by molar-refractivity contribution is -0.120. The molecule has 166 valence electrons. The van der Waals surface area contributed by atoms with Gasteiger partial charge in [0.25, 0.3) is 0 Å². The molecule has 2 aromatic rings. The van der Waals surface area contributed by atoms with Crippen LogP contribution in [0.25, 0.3) is 0 Å². The Hall–Kier alpha value is -2.56. The van der Waals surface area contributed by atoms with Crippen LogP contribution >= 0.6 is 0 Å². The molecule has 2 saturated heterocycles. The van der Waals surface area contributed by atoms with Crippen molar-refractivity contribution in [1.82, 2.24) is 14.3 Å². The largest absolute Gasteiger partial charge is 0.379 e. The highest BCUT2D eigenvalue weighted by Crippen LogP contribution is 2.26. The number of ether oxygens (including phenoxy) is 1. The molecule has 1 atom stereocenters. The second-order valence-electron chi connectivity index (χ2n) is 7.83. The zero-order valence-electron chi connectivity index (χ0n) is 17.5. The minimum Gasteiger partial charge on any atom is -0.379 e. The Balaban J connectivity index is 1.48. The van der Waals surface area contributed by atoms with Gasteiger partial charge in [0.2, 0.25) is 15.9 Å². The van der Waals surface area contributed by atoms with Crippen LogP contribution < -0.4 is 10.2 Å². The van der Waals surface area contributed by atoms with Crippen molar-refractivity contribution in [2.24, 2.45) is 5.92 Å². The summed E-state index contributed by atoms with van der Waals surface area (Å²) in [6, 6.07) is 5.03. The lowest BCUT2D eigenvalue weighted by atomic mass is 9.97. The molecule has 0 radical (unpaired) electrons. The average Bonchev–Trinajstić information content (AvgIpc) is 2.81. The van der Waals surface area contributed by atoms with E-state index < -0.39 is 10.0 Å². The van der Waals surface area contributed by atoms with Crippen LogP contribution in [0, 0.1) is 12.8 Å². The van der Waals surface area contributed by atoms with Gasteiger partial charge in [-0.25, -0.2) is 13.4 Å². The van der Waals surface area contributed by atoms with Crippen LogP contribution in [-0.4, -0.2) is 68.0 Å². The molecule has 0 aliphatic carbocycles. The Morgan fingerprint density at radius 2 is 2.00 bits per heavy atom. The Kier molecular flexibility index (Phi) is 6.49. The van der Waals surface area contributed by atoms with E-state index >= 15 is 0 Å². The SMILES string of the molecule is Cc1ccc(NC(=O)C2CCCN(c3cnccn3)C2)cc1S(=O)(=O)N1CCOCC1. The molecule has 10 heteroatoms. The van der Waals surface area contributed by atoms with E-state index in [-0.39, 0.29) is 16.7 Å². The number of nitrogens with one attached hydrogen (secondary N) is 1. The maximum Gasteiger partial charge on any atom is 0.243 e. The minimum absolute atomic E-state index is 0.118. The molecule has 9 nitrogen and oxygen atoms in total. The van der Waals surface area contributed by atoms with E-state index in [1.54, 1.807) is 43.7 Å². The molecule has 1 aromatic carbocycles. The molecule has 0 bridgehead atoms. The molecule has 0 spiro atoms. The maximum atomic E-state index is 13.1. The number of aromatic nitrogens is 2. The Bertz CT molecular complexity index is 1030. The third-order valence-electron chi connectivity index (χ3n) is 5.71. The van der Waals surface area contributed by atoms with Crippen LogP contribution in [0.3, 0.4) is 0 Å². The molecule has 4 rings (SSSR count). The molecule has 1 unspecified atom stereocenters. The first-order valence-electron chi connectivity index (χ1n) is 10.5. The van der Waals surface area contributed by atoms with Crippen LogP contribution in [0.15, 0.2) is 41.7 Å². The topological polar surface area (TPSA) is 105 Å². The highest BCUT2D eigenvalue weighted by Gasteiger charge is 2.29. The van der Waals surface area contributed by atoms with Crippen LogP contribution in [0.5, 0.6) is 0 Å². The summed E-state index contributed by atoms with van der Waals surface area (Å²) in [5.74, 6) is 0.428. The van der Waals surface area contributed by atoms with Crippen molar-refractivity contribution in [2.45, 2.75) is 24.7 Å². The van der Waals surface area contributed by atoms with Crippen LogP contribution in [-0.2, 0) is 19.6 Å². The van der Waals surface area contributed by atoms with E-state index in [0.717, 1.165) is 25.2 Å². The minimum atomic E-state index is -3.64. The van der Waals surface area contributed by atoms with Crippen molar-refractivity contribution in [3.8, 4) is 0 Å². The smallest absolute Gasteiger partial charge is 0.243 e. The van der Waals surface area contributed by atoms with Gasteiger partial charge in [-0.1, -0.05) is 6.07 Å². The predicted octanol–water partition coefficient (Wildman–Crippen LogP) is 1.66. The number of nitrogens with zero attached hydrogens (tertiary/aromatic N) is 4. The molecule has 2 fully saturated rings. The number of amides is 1. The zero-order chi connectivity index (χ0) is 21.8. The number of piperidine rings is 1. The van der Waals surface area contributed by atoms with Crippen molar-refractivity contribution in [3.05, 3.63) is 42.4 Å². The third kappa shape index (κ3) is 4.86. The lowest BCUT2D eigenvalue weighted by Crippen LogP contribution is -2.41. The summed E-state index contributed by atoms with van der Waals surface area (Å²) < 4.78 is 32.9. The predicted molar refractivity (Wildman–Crippen MR) is 116 cm³/mol. The first-order chi connectivity index (χ1) is 14.9. The molecule has 3 heterocycles. The number of carbonyl (C=O) groups excluding carboxylic acids is 1. The van der Waals surface area contributed by atoms with Gasteiger partial charge in [0.15, 0.2) is 0 Å². The van der Waals surface area contributed by atoms with E-state index in [1.807, 2.05) is 0 Å². The van der Waals surface area contributed by atoms with E-state index in [4.69, 9.17) is 4.74 Å². The maximum absolute atomic E-state index is 13.1. The number of aryl methyl sites for hydroxylation is 1. The van der Waals surface area contributed by atoms with Gasteiger partial charge < -0.3 is 15.0 Å². The molecule has 1 amide bonds. The summed E-state index contributed by atoms with van der Waals surface area (Å²) in [5.41, 5.74) is 1.13. The number of rotatable bonds is 5. The van der Waals surface area contributed by atoms with Gasteiger partial charge >= 0.3 is 0 Å². The van der Waals surface area contributed by atoms with E-state index in [1.165, 1.54) is 4.31 Å². The first-order valence-corrected chi connectivity index (χ1v) is 11.9. The summed E-state index contributed by atoms with van der Waals surface area (Å²) in [6.07, 6.45) is 6.61. The molecule has 2 aliphatic rings. The number of morpholine rings is 1. The van der Waals surface area contributed by atoms with Gasteiger partial charge in [0, 0.05) is 44.3 Å². The summed E-state index contributed by atoms with van der Waals surface area (Å²) in [5, 5.41) is 2.92. The van der Waals surface area contributed by atoms with Crippen molar-refractivity contribution in [1.29, 1.82) is 0 Å². The van der Waals surface area contributed by atoms with Gasteiger partial charge in [0.05, 0.1) is 30.2 Å². The number of carbonyl (C=O) groups is 1. The third-order valence-corrected chi connectivity index (χ3v) is 7.75. The summed E-state index contributed by atoms with van der Waals surface area (Å²) >= 11 is 0. The second-order valence-corrected chi connectivity index (χ2v) is 9.74. The summed E-state index contributed by atoms with van der Waals surface area (Å²) in [4.78, 5) is 23.6. The van der Waals surface area contributed by atoms with Crippen LogP contribution in [0.4, 0.5) is 11.5 Å². The standard InChI is InChI=1S/C21H27N5O4S/c1-16-4-5-18(13-19(16)31(28,29)26-9-11-30-12-10-26)24-21(27)17-3-2-8-25(15-17)20-14-22-6-7-23-20/h4-7,13-14,17H,2-3,8-12,15H2,1H3,(H,24,27). The molecule has 1 aromatic heterocycles. The van der Waals surface area contributed by atoms with E-state index in [0.29, 0.717) is 44.1 Å². The number of anilines is 2. The number of sulfonamides is 1. The van der Waals surface area contributed by atoms with Gasteiger partial charge in [-0.3, -0.25) is 9.78 Å². The van der Waals surface area contributed by atoms with E-state index in [9.17, 15) is 13.2 Å². The normalized spacial score (nSPS) is 20.4. The van der Waals surface area contributed by atoms with Gasteiger partial charge in [-0.2, -0.15) is 4.31 Å². The van der Waals surface area contributed by atoms with Crippen molar-refractivity contribution in [3.63, 3.8) is 0 Å². The fourth-order valence-electron chi connectivity index (χ4n) is 3.98. The first kappa shape index (κ1) is 21.7. The van der Waals surface area contributed by atoms with Crippen molar-refractivity contribution in [2.75, 3.05) is 49.6 Å². The van der Waals surface area contributed by atoms with Crippen LogP contribution in [0.2, 0.25) is 0 Å². The molecule has 2 aliphatic heterocycles.